The van der Waals surface area contributed by atoms with Crippen molar-refractivity contribution in [3.05, 3.63) is 345 Å². The molecule has 0 saturated carbocycles. The fraction of sp³-hybridized carbons (Fsp3) is 0.0333. The fourth-order valence-corrected chi connectivity index (χ4v) is 16.8. The van der Waals surface area contributed by atoms with Crippen LogP contribution in [0.3, 0.4) is 0 Å². The van der Waals surface area contributed by atoms with Crippen molar-refractivity contribution in [2.75, 3.05) is 14.4 Å². The van der Waals surface area contributed by atoms with E-state index in [1.165, 1.54) is 173 Å². The average Bonchev–Trinajstić information content (AvgIpc) is 0.724. The number of hydrogen-bond donors (Lipinski definition) is 0. The van der Waals surface area contributed by atoms with Crippen LogP contribution in [0, 0.1) is 20.8 Å². The molecular formula is C90H63B3N6. The van der Waals surface area contributed by atoms with Crippen LogP contribution in [0.4, 0.5) is 34.1 Å². The van der Waals surface area contributed by atoms with E-state index < -0.39 is 0 Å². The molecule has 3 aromatic heterocycles. The van der Waals surface area contributed by atoms with E-state index in [-0.39, 0.29) is 20.5 Å². The van der Waals surface area contributed by atoms with Crippen LogP contribution in [0.15, 0.2) is 328 Å². The zero-order chi connectivity index (χ0) is 65.8. The van der Waals surface area contributed by atoms with E-state index in [0.29, 0.717) is 0 Å². The summed E-state index contributed by atoms with van der Waals surface area (Å²) < 4.78 is 0. The summed E-state index contributed by atoms with van der Waals surface area (Å²) in [6, 6.07) is 109. The van der Waals surface area contributed by atoms with Gasteiger partial charge >= 0.3 is 20.5 Å². The van der Waals surface area contributed by atoms with Crippen LogP contribution in [0.2, 0.25) is 0 Å². The summed E-state index contributed by atoms with van der Waals surface area (Å²) >= 11 is 0. The van der Waals surface area contributed by atoms with Gasteiger partial charge in [0.15, 0.2) is 0 Å². The van der Waals surface area contributed by atoms with Gasteiger partial charge in [0.05, 0.1) is 0 Å². The highest BCUT2D eigenvalue weighted by molar-refractivity contribution is 6.94. The Morgan fingerprint density at radius 3 is 0.960 bits per heavy atom. The van der Waals surface area contributed by atoms with E-state index in [1.807, 2.05) is 37.9 Å². The SMILES string of the molecule is Cc1cc(-c2ccc3c(c2)-c2ccccc2B2c4ccccc4-c4ccccc4N23)ccn1.Cc1ccncc1-c1ccc2c(c1)-c1ccccc1B1c3ccccc3-c3ccccc3N12.Cc1cncc(-c2ccc3c(c2)-c2ccccc2B2c4ccccc4-c4ccccc4N23)c1. The summed E-state index contributed by atoms with van der Waals surface area (Å²) in [4.78, 5) is 20.8. The van der Waals surface area contributed by atoms with Crippen molar-refractivity contribution in [3.8, 4) is 100 Å². The van der Waals surface area contributed by atoms with E-state index in [1.54, 1.807) is 0 Å². The molecule has 0 atom stereocenters. The molecule has 0 saturated heterocycles. The van der Waals surface area contributed by atoms with Gasteiger partial charge in [-0.3, -0.25) is 15.0 Å². The van der Waals surface area contributed by atoms with Crippen LogP contribution in [0.1, 0.15) is 16.8 Å². The van der Waals surface area contributed by atoms with E-state index >= 15 is 0 Å². The average molecular weight is 1260 g/mol. The molecule has 0 spiro atoms. The molecule has 0 radical (unpaired) electrons. The molecular weight excluding hydrogens is 1200 g/mol. The maximum Gasteiger partial charge on any atom is 0.329 e. The molecule has 462 valence electrons. The molecule has 6 aliphatic rings. The maximum atomic E-state index is 4.43. The summed E-state index contributed by atoms with van der Waals surface area (Å²) in [6.07, 6.45) is 9.59. The molecule has 6 aliphatic heterocycles. The van der Waals surface area contributed by atoms with Gasteiger partial charge in [-0.1, -0.05) is 218 Å². The number of fused-ring (bicyclic) bond motifs is 33. The molecule has 0 unspecified atom stereocenters. The maximum absolute atomic E-state index is 4.43. The first-order valence-electron chi connectivity index (χ1n) is 34.3. The lowest BCUT2D eigenvalue weighted by Gasteiger charge is -2.43. The number of rotatable bonds is 3. The molecule has 99 heavy (non-hydrogen) atoms. The number of para-hydroxylation sites is 3. The predicted molar refractivity (Wildman–Crippen MR) is 417 cm³/mol. The van der Waals surface area contributed by atoms with Gasteiger partial charge < -0.3 is 14.4 Å². The predicted octanol–water partition coefficient (Wildman–Crippen LogP) is 17.9. The summed E-state index contributed by atoms with van der Waals surface area (Å²) in [7, 11) is 0. The molecule has 0 bridgehead atoms. The molecule has 0 fully saturated rings. The Bertz CT molecular complexity index is 5550. The third kappa shape index (κ3) is 9.40. The Balaban J connectivity index is 0.000000104. The third-order valence-corrected chi connectivity index (χ3v) is 21.1. The second kappa shape index (κ2) is 23.5. The minimum Gasteiger partial charge on any atom is -0.376 e. The Hall–Kier alpha value is -12.3. The smallest absolute Gasteiger partial charge is 0.329 e. The molecule has 0 aliphatic carbocycles. The van der Waals surface area contributed by atoms with Gasteiger partial charge in [-0.25, -0.2) is 0 Å². The lowest BCUT2D eigenvalue weighted by molar-refractivity contribution is 1.20. The van der Waals surface area contributed by atoms with Crippen LogP contribution in [0.25, 0.3) is 100 Å². The largest absolute Gasteiger partial charge is 0.376 e. The number of nitrogens with zero attached hydrogens (tertiary/aromatic N) is 6. The first kappa shape index (κ1) is 58.1. The Morgan fingerprint density at radius 1 is 0.232 bits per heavy atom. The van der Waals surface area contributed by atoms with E-state index in [9.17, 15) is 0 Å². The summed E-state index contributed by atoms with van der Waals surface area (Å²) in [5.74, 6) is 0. The molecule has 12 aromatic carbocycles. The van der Waals surface area contributed by atoms with E-state index in [2.05, 4.69) is 340 Å². The van der Waals surface area contributed by atoms with Crippen LogP contribution < -0.4 is 47.2 Å². The molecule has 15 aromatic rings. The van der Waals surface area contributed by atoms with Gasteiger partial charge in [-0.05, 0) is 199 Å². The number of aromatic nitrogens is 3. The summed E-state index contributed by atoms with van der Waals surface area (Å²) in [6.45, 7) is 6.77. The van der Waals surface area contributed by atoms with Crippen molar-refractivity contribution < 1.29 is 0 Å². The number of benzene rings is 12. The van der Waals surface area contributed by atoms with Crippen molar-refractivity contribution in [2.45, 2.75) is 20.8 Å². The molecule has 21 rings (SSSR count). The normalized spacial score (nSPS) is 12.9. The first-order valence-corrected chi connectivity index (χ1v) is 34.3. The number of aryl methyl sites for hydroxylation is 3. The molecule has 9 heterocycles. The first-order chi connectivity index (χ1) is 48.9. The molecule has 9 heteroatoms. The van der Waals surface area contributed by atoms with Crippen molar-refractivity contribution in [1.29, 1.82) is 0 Å². The molecule has 0 amide bonds. The quantitative estimate of drug-likeness (QED) is 0.164. The lowest BCUT2D eigenvalue weighted by atomic mass is 9.43. The second-order valence-electron chi connectivity index (χ2n) is 26.7. The lowest BCUT2D eigenvalue weighted by Crippen LogP contribution is -2.59. The Kier molecular flexibility index (Phi) is 13.8. The van der Waals surface area contributed by atoms with Crippen molar-refractivity contribution in [3.63, 3.8) is 0 Å². The standard InChI is InChI=1S/3C30H21BN2/c1-20-16-22(19-32-18-20)21-14-15-30-26(17-21)24-9-3-6-12-28(24)31-27-11-5-2-8-23(27)25-10-4-7-13-29(25)33(30)31;1-20-18-22(16-17-32-20)21-14-15-30-26(19-21)24-9-3-6-12-28(24)31-27-11-5-2-8-23(27)25-10-4-7-13-29(25)33(30)31;1-20-16-17-32-19-26(20)21-14-15-30-25(18-21)23-9-3-6-12-28(23)31-27-11-5-2-8-22(27)24-10-4-7-13-29(24)33(30)31/h3*2-19H,1H3. The highest BCUT2D eigenvalue weighted by Crippen LogP contribution is 2.51. The van der Waals surface area contributed by atoms with Crippen LogP contribution >= 0.6 is 0 Å². The third-order valence-electron chi connectivity index (χ3n) is 21.1. The second-order valence-corrected chi connectivity index (χ2v) is 26.7. The summed E-state index contributed by atoms with van der Waals surface area (Å²) in [5, 5.41) is 0. The van der Waals surface area contributed by atoms with Gasteiger partial charge in [0.1, 0.15) is 0 Å². The minimum absolute atomic E-state index is 0.158. The topological polar surface area (TPSA) is 48.4 Å². The number of hydrogen-bond acceptors (Lipinski definition) is 6. The number of anilines is 6. The minimum atomic E-state index is 0.158. The highest BCUT2D eigenvalue weighted by Gasteiger charge is 2.45. The summed E-state index contributed by atoms with van der Waals surface area (Å²) in [5.41, 5.74) is 42.0. The number of pyridine rings is 3. The monoisotopic (exact) mass is 1260 g/mol. The van der Waals surface area contributed by atoms with Gasteiger partial charge in [0, 0.05) is 115 Å². The van der Waals surface area contributed by atoms with Crippen LogP contribution in [0.5, 0.6) is 0 Å². The molecule has 0 N–H and O–H groups in total. The van der Waals surface area contributed by atoms with Crippen molar-refractivity contribution in [1.82, 2.24) is 15.0 Å². The van der Waals surface area contributed by atoms with Gasteiger partial charge in [-0.2, -0.15) is 0 Å². The van der Waals surface area contributed by atoms with E-state index in [4.69, 9.17) is 0 Å². The Labute approximate surface area is 579 Å². The zero-order valence-electron chi connectivity index (χ0n) is 55.1. The molecule has 6 nitrogen and oxygen atoms in total. The highest BCUT2D eigenvalue weighted by atomic mass is 15.1. The van der Waals surface area contributed by atoms with Crippen molar-refractivity contribution >= 4 is 87.4 Å². The zero-order valence-corrected chi connectivity index (χ0v) is 55.1. The fourth-order valence-electron chi connectivity index (χ4n) is 16.8. The Morgan fingerprint density at radius 2 is 0.566 bits per heavy atom. The van der Waals surface area contributed by atoms with Crippen LogP contribution in [-0.2, 0) is 0 Å². The van der Waals surface area contributed by atoms with Crippen molar-refractivity contribution in [2.24, 2.45) is 0 Å². The van der Waals surface area contributed by atoms with Crippen LogP contribution in [-0.4, -0.2) is 35.5 Å². The van der Waals surface area contributed by atoms with Gasteiger partial charge in [0.25, 0.3) is 0 Å². The van der Waals surface area contributed by atoms with Gasteiger partial charge in [-0.15, -0.1) is 0 Å². The van der Waals surface area contributed by atoms with E-state index in [0.717, 1.165) is 11.3 Å². The van der Waals surface area contributed by atoms with Gasteiger partial charge in [0.2, 0.25) is 0 Å².